The van der Waals surface area contributed by atoms with E-state index >= 15 is 0 Å². The fourth-order valence-corrected chi connectivity index (χ4v) is 3.08. The van der Waals surface area contributed by atoms with Crippen molar-refractivity contribution >= 4 is 17.2 Å². The van der Waals surface area contributed by atoms with Crippen LogP contribution in [0, 0.1) is 6.92 Å². The van der Waals surface area contributed by atoms with Crippen LogP contribution in [0.1, 0.15) is 53.7 Å². The van der Waals surface area contributed by atoms with Gasteiger partial charge in [-0.3, -0.25) is 4.79 Å². The van der Waals surface area contributed by atoms with Gasteiger partial charge in [-0.15, -0.1) is 11.3 Å². The Balaban J connectivity index is 1.64. The monoisotopic (exact) mass is 346 g/mol. The highest BCUT2D eigenvalue weighted by molar-refractivity contribution is 7.09. The van der Waals surface area contributed by atoms with Crippen LogP contribution >= 0.6 is 11.3 Å². The number of aryl methyl sites for hydroxylation is 2. The summed E-state index contributed by atoms with van der Waals surface area (Å²) in [5, 5.41) is 6.22. The van der Waals surface area contributed by atoms with Gasteiger partial charge >= 0.3 is 0 Å². The van der Waals surface area contributed by atoms with Crippen LogP contribution in [0.25, 0.3) is 0 Å². The molecule has 0 fully saturated rings. The highest BCUT2D eigenvalue weighted by atomic mass is 32.1. The van der Waals surface area contributed by atoms with Crippen molar-refractivity contribution in [1.82, 2.24) is 10.3 Å². The van der Waals surface area contributed by atoms with Gasteiger partial charge in [0.2, 0.25) is 0 Å². The predicted molar refractivity (Wildman–Crippen MR) is 99.0 cm³/mol. The lowest BCUT2D eigenvalue weighted by molar-refractivity contribution is 0.0953. The molecule has 2 rings (SSSR count). The van der Waals surface area contributed by atoms with Crippen molar-refractivity contribution in [2.24, 2.45) is 0 Å². The average Bonchev–Trinajstić information content (AvgIpc) is 3.00. The maximum absolute atomic E-state index is 12.1. The second-order valence-electron chi connectivity index (χ2n) is 5.82. The molecule has 1 heterocycles. The number of hydrogen-bond acceptors (Lipinski definition) is 4. The molecule has 1 N–H and O–H groups in total. The Bertz CT molecular complexity index is 623. The third-order valence-corrected chi connectivity index (χ3v) is 4.68. The number of rotatable bonds is 10. The van der Waals surface area contributed by atoms with Gasteiger partial charge in [0.15, 0.2) is 0 Å². The zero-order valence-electron chi connectivity index (χ0n) is 14.5. The Kier molecular flexibility index (Phi) is 7.75. The fraction of sp³-hybridized carbons (Fsp3) is 0.474. The number of aromatic nitrogens is 1. The molecular weight excluding hydrogens is 320 g/mol. The topological polar surface area (TPSA) is 51.2 Å². The molecule has 0 saturated carbocycles. The maximum Gasteiger partial charge on any atom is 0.251 e. The Morgan fingerprint density at radius 3 is 2.67 bits per heavy atom. The zero-order valence-corrected chi connectivity index (χ0v) is 15.3. The summed E-state index contributed by atoms with van der Waals surface area (Å²) >= 11 is 1.71. The molecule has 4 nitrogen and oxygen atoms in total. The van der Waals surface area contributed by atoms with E-state index in [4.69, 9.17) is 4.74 Å². The summed E-state index contributed by atoms with van der Waals surface area (Å²) in [6, 6.07) is 7.34. The van der Waals surface area contributed by atoms with Crippen molar-refractivity contribution in [2.45, 2.75) is 46.0 Å². The Hall–Kier alpha value is -1.88. The fourth-order valence-electron chi connectivity index (χ4n) is 2.26. The molecule has 1 aromatic carbocycles. The predicted octanol–water partition coefficient (Wildman–Crippen LogP) is 4.38. The normalized spacial score (nSPS) is 10.6. The van der Waals surface area contributed by atoms with Gasteiger partial charge in [0.25, 0.3) is 5.91 Å². The molecule has 0 spiro atoms. The van der Waals surface area contributed by atoms with Crippen molar-refractivity contribution in [2.75, 3.05) is 13.2 Å². The molecule has 0 bridgehead atoms. The lowest BCUT2D eigenvalue weighted by Crippen LogP contribution is -2.24. The van der Waals surface area contributed by atoms with Crippen LogP contribution in [0.2, 0.25) is 0 Å². The van der Waals surface area contributed by atoms with E-state index in [2.05, 4.69) is 22.6 Å². The molecule has 2 aromatic rings. The van der Waals surface area contributed by atoms with Crippen LogP contribution < -0.4 is 10.1 Å². The lowest BCUT2D eigenvalue weighted by Gasteiger charge is -2.07. The van der Waals surface area contributed by atoms with Crippen molar-refractivity contribution in [3.05, 3.63) is 45.9 Å². The molecule has 0 atom stereocenters. The summed E-state index contributed by atoms with van der Waals surface area (Å²) in [6.07, 6.45) is 5.14. The Morgan fingerprint density at radius 1 is 1.21 bits per heavy atom. The molecule has 0 aliphatic heterocycles. The van der Waals surface area contributed by atoms with Crippen molar-refractivity contribution in [1.29, 1.82) is 0 Å². The highest BCUT2D eigenvalue weighted by Crippen LogP contribution is 2.13. The molecule has 5 heteroatoms. The molecule has 0 saturated heterocycles. The van der Waals surface area contributed by atoms with E-state index < -0.39 is 0 Å². The largest absolute Gasteiger partial charge is 0.494 e. The van der Waals surface area contributed by atoms with E-state index in [0.29, 0.717) is 12.1 Å². The molecular formula is C19H26N2O2S. The first-order valence-electron chi connectivity index (χ1n) is 8.61. The van der Waals surface area contributed by atoms with Crippen LogP contribution in [0.15, 0.2) is 29.6 Å². The number of unbranched alkanes of at least 4 members (excludes halogenated alkanes) is 2. The Morgan fingerprint density at radius 2 is 2.00 bits per heavy atom. The zero-order chi connectivity index (χ0) is 17.2. The van der Waals surface area contributed by atoms with Crippen LogP contribution in [-0.4, -0.2) is 24.0 Å². The van der Waals surface area contributed by atoms with Gasteiger partial charge in [-0.25, -0.2) is 4.98 Å². The first-order chi connectivity index (χ1) is 11.7. The van der Waals surface area contributed by atoms with Gasteiger partial charge in [-0.1, -0.05) is 13.3 Å². The molecule has 1 aromatic heterocycles. The first kappa shape index (κ1) is 18.5. The van der Waals surface area contributed by atoms with Gasteiger partial charge in [0.1, 0.15) is 5.75 Å². The van der Waals surface area contributed by atoms with E-state index in [1.165, 1.54) is 5.01 Å². The summed E-state index contributed by atoms with van der Waals surface area (Å²) in [5.41, 5.74) is 1.76. The minimum absolute atomic E-state index is 0.0276. The smallest absolute Gasteiger partial charge is 0.251 e. The maximum atomic E-state index is 12.1. The third kappa shape index (κ3) is 6.32. The summed E-state index contributed by atoms with van der Waals surface area (Å²) in [4.78, 5) is 16.5. The number of ether oxygens (including phenoxy) is 1. The summed E-state index contributed by atoms with van der Waals surface area (Å²) in [7, 11) is 0. The lowest BCUT2D eigenvalue weighted by atomic mass is 10.2. The molecule has 24 heavy (non-hydrogen) atoms. The van der Waals surface area contributed by atoms with Gasteiger partial charge in [0, 0.05) is 23.2 Å². The van der Waals surface area contributed by atoms with Gasteiger partial charge in [-0.2, -0.15) is 0 Å². The molecule has 0 unspecified atom stereocenters. The van der Waals surface area contributed by atoms with Crippen molar-refractivity contribution < 1.29 is 9.53 Å². The summed E-state index contributed by atoms with van der Waals surface area (Å²) in [5.74, 6) is 0.791. The molecule has 130 valence electrons. The van der Waals surface area contributed by atoms with Gasteiger partial charge in [-0.05, 0) is 56.9 Å². The molecule has 0 aliphatic carbocycles. The van der Waals surface area contributed by atoms with Crippen LogP contribution in [0.4, 0.5) is 0 Å². The van der Waals surface area contributed by atoms with Gasteiger partial charge < -0.3 is 10.1 Å². The third-order valence-electron chi connectivity index (χ3n) is 3.65. The minimum atomic E-state index is -0.0276. The van der Waals surface area contributed by atoms with Crippen molar-refractivity contribution in [3.8, 4) is 5.75 Å². The molecule has 0 radical (unpaired) electrons. The van der Waals surface area contributed by atoms with Crippen molar-refractivity contribution in [3.63, 3.8) is 0 Å². The molecule has 1 amide bonds. The van der Waals surface area contributed by atoms with Crippen LogP contribution in [0.3, 0.4) is 0 Å². The standard InChI is InChI=1S/C19H26N2O2S/c1-3-4-13-23-17-10-8-16(9-11-17)19(22)20-12-6-5-7-18-21-15(2)14-24-18/h8-11,14H,3-7,12-13H2,1-2H3,(H,20,22). The average molecular weight is 346 g/mol. The SMILES string of the molecule is CCCCOc1ccc(C(=O)NCCCCc2nc(C)cs2)cc1. The number of hydrogen-bond donors (Lipinski definition) is 1. The van der Waals surface area contributed by atoms with Crippen LogP contribution in [0.5, 0.6) is 5.75 Å². The highest BCUT2D eigenvalue weighted by Gasteiger charge is 2.05. The quantitative estimate of drug-likeness (QED) is 0.649. The van der Waals surface area contributed by atoms with E-state index in [9.17, 15) is 4.79 Å². The first-order valence-corrected chi connectivity index (χ1v) is 9.49. The summed E-state index contributed by atoms with van der Waals surface area (Å²) < 4.78 is 5.60. The van der Waals surface area contributed by atoms with Crippen LogP contribution in [-0.2, 0) is 6.42 Å². The van der Waals surface area contributed by atoms with E-state index in [-0.39, 0.29) is 5.91 Å². The van der Waals surface area contributed by atoms with Gasteiger partial charge in [0.05, 0.1) is 11.6 Å². The molecule has 0 aliphatic rings. The van der Waals surface area contributed by atoms with E-state index in [0.717, 1.165) is 50.2 Å². The second kappa shape index (κ2) is 10.1. The minimum Gasteiger partial charge on any atom is -0.494 e. The Labute approximate surface area is 148 Å². The number of carbonyl (C=O) groups excluding carboxylic acids is 1. The van der Waals surface area contributed by atoms with E-state index in [1.54, 1.807) is 11.3 Å². The summed E-state index contributed by atoms with van der Waals surface area (Å²) in [6.45, 7) is 5.56. The number of thiazole rings is 1. The number of nitrogens with one attached hydrogen (secondary N) is 1. The number of benzene rings is 1. The number of nitrogens with zero attached hydrogens (tertiary/aromatic N) is 1. The second-order valence-corrected chi connectivity index (χ2v) is 6.76. The number of amides is 1. The van der Waals surface area contributed by atoms with E-state index in [1.807, 2.05) is 31.2 Å². The number of carbonyl (C=O) groups is 1.